The van der Waals surface area contributed by atoms with Crippen molar-refractivity contribution in [3.63, 3.8) is 0 Å². The number of nitrogens with zero attached hydrogens (tertiary/aromatic N) is 3. The zero-order valence-electron chi connectivity index (χ0n) is 21.7. The van der Waals surface area contributed by atoms with Gasteiger partial charge in [-0.25, -0.2) is 5.01 Å². The van der Waals surface area contributed by atoms with Crippen molar-refractivity contribution >= 4 is 33.7 Å². The topological polar surface area (TPSA) is 100 Å². The number of nitrogens with one attached hydrogen (secondary N) is 1. The van der Waals surface area contributed by atoms with Crippen molar-refractivity contribution in [2.75, 3.05) is 11.9 Å². The summed E-state index contributed by atoms with van der Waals surface area (Å²) in [7, 11) is -3.87. The minimum absolute atomic E-state index is 0.0287. The van der Waals surface area contributed by atoms with Crippen molar-refractivity contribution in [2.24, 2.45) is 15.4 Å². The summed E-state index contributed by atoms with van der Waals surface area (Å²) < 4.78 is 35.6. The molecule has 0 atom stereocenters. The van der Waals surface area contributed by atoms with Crippen LogP contribution in [0.5, 0.6) is 5.75 Å². The van der Waals surface area contributed by atoms with E-state index in [2.05, 4.69) is 14.8 Å². The summed E-state index contributed by atoms with van der Waals surface area (Å²) in [5.41, 5.74) is 2.59. The molecule has 0 fully saturated rings. The first-order chi connectivity index (χ1) is 17.0. The summed E-state index contributed by atoms with van der Waals surface area (Å²) >= 11 is 0. The van der Waals surface area contributed by atoms with E-state index < -0.39 is 15.4 Å². The number of hydrogen-bond acceptors (Lipinski definition) is 6. The van der Waals surface area contributed by atoms with Crippen molar-refractivity contribution in [2.45, 2.75) is 70.8 Å². The summed E-state index contributed by atoms with van der Waals surface area (Å²) in [6.45, 7) is 12.4. The molecule has 2 aromatic carbocycles. The van der Waals surface area contributed by atoms with E-state index in [4.69, 9.17) is 4.74 Å². The molecular formula is C27H34N4O4S. The van der Waals surface area contributed by atoms with Crippen LogP contribution in [0.2, 0.25) is 0 Å². The van der Waals surface area contributed by atoms with Crippen molar-refractivity contribution in [3.05, 3.63) is 53.1 Å². The Hall–Kier alpha value is -3.20. The van der Waals surface area contributed by atoms with Gasteiger partial charge in [-0.2, -0.15) is 13.5 Å². The molecule has 4 rings (SSSR count). The van der Waals surface area contributed by atoms with E-state index in [1.807, 2.05) is 59.7 Å². The molecule has 0 unspecified atom stereocenters. The van der Waals surface area contributed by atoms with Gasteiger partial charge in [-0.1, -0.05) is 33.8 Å². The van der Waals surface area contributed by atoms with Gasteiger partial charge >= 0.3 is 0 Å². The molecule has 0 saturated heterocycles. The molecule has 2 aliphatic rings. The second kappa shape index (κ2) is 9.69. The number of fused-ring (bicyclic) bond motifs is 2. The van der Waals surface area contributed by atoms with Gasteiger partial charge in [0.05, 0.1) is 17.7 Å². The SMILES string of the molecule is CCC1(CC)C(=O)Nc2ccc(/C=N/N(CC(C)C)C3=NS(=O)(=O)c4cc(OC(C)C)ccc43)cc21. The van der Waals surface area contributed by atoms with Gasteiger partial charge in [-0.3, -0.25) is 4.79 Å². The highest BCUT2D eigenvalue weighted by Gasteiger charge is 2.43. The van der Waals surface area contributed by atoms with Crippen LogP contribution >= 0.6 is 0 Å². The van der Waals surface area contributed by atoms with Crippen LogP contribution in [0.3, 0.4) is 0 Å². The molecule has 2 aromatic rings. The number of hydrogen-bond donors (Lipinski definition) is 1. The molecule has 1 amide bonds. The number of ether oxygens (including phenoxy) is 1. The van der Waals surface area contributed by atoms with Gasteiger partial charge in [0.2, 0.25) is 5.91 Å². The molecule has 8 nitrogen and oxygen atoms in total. The third kappa shape index (κ3) is 4.64. The molecule has 9 heteroatoms. The molecule has 0 bridgehead atoms. The Kier molecular flexibility index (Phi) is 6.96. The summed E-state index contributed by atoms with van der Waals surface area (Å²) in [6.07, 6.45) is 3.03. The van der Waals surface area contributed by atoms with E-state index in [1.54, 1.807) is 23.4 Å². The van der Waals surface area contributed by atoms with Gasteiger partial charge in [0, 0.05) is 23.9 Å². The molecule has 0 radical (unpaired) electrons. The van der Waals surface area contributed by atoms with Gasteiger partial charge in [0.15, 0.2) is 5.84 Å². The number of amides is 1. The van der Waals surface area contributed by atoms with Gasteiger partial charge < -0.3 is 10.1 Å². The lowest BCUT2D eigenvalue weighted by atomic mass is 9.76. The fraction of sp³-hybridized carbons (Fsp3) is 0.444. The van der Waals surface area contributed by atoms with Gasteiger partial charge in [0.25, 0.3) is 10.0 Å². The number of benzene rings is 2. The van der Waals surface area contributed by atoms with Crippen LogP contribution < -0.4 is 10.1 Å². The van der Waals surface area contributed by atoms with Gasteiger partial charge in [0.1, 0.15) is 10.6 Å². The smallest absolute Gasteiger partial charge is 0.285 e. The zero-order chi connectivity index (χ0) is 26.3. The molecule has 0 spiro atoms. The minimum Gasteiger partial charge on any atom is -0.491 e. The average Bonchev–Trinajstić information content (AvgIpc) is 3.25. The second-order valence-corrected chi connectivity index (χ2v) is 11.6. The lowest BCUT2D eigenvalue weighted by molar-refractivity contribution is -0.121. The van der Waals surface area contributed by atoms with E-state index in [1.165, 1.54) is 6.07 Å². The Balaban J connectivity index is 1.70. The lowest BCUT2D eigenvalue weighted by Gasteiger charge is -2.24. The first kappa shape index (κ1) is 25.9. The summed E-state index contributed by atoms with van der Waals surface area (Å²) in [6, 6.07) is 10.8. The first-order valence-corrected chi connectivity index (χ1v) is 13.9. The van der Waals surface area contributed by atoms with Gasteiger partial charge in [-0.05, 0) is 68.0 Å². The molecule has 36 heavy (non-hydrogen) atoms. The molecule has 2 heterocycles. The van der Waals surface area contributed by atoms with Crippen LogP contribution in [0.15, 0.2) is 50.8 Å². The molecule has 0 saturated carbocycles. The van der Waals surface area contributed by atoms with Crippen molar-refractivity contribution in [3.8, 4) is 5.75 Å². The van der Waals surface area contributed by atoms with Crippen LogP contribution in [0.4, 0.5) is 5.69 Å². The van der Waals surface area contributed by atoms with Crippen LogP contribution in [-0.4, -0.2) is 44.0 Å². The van der Waals surface area contributed by atoms with Crippen molar-refractivity contribution < 1.29 is 17.9 Å². The standard InChI is InChI=1S/C27H34N4O4S/c1-7-27(8-2)22-13-19(9-12-23(22)29-26(27)32)15-28-31(16-17(3)4)25-21-11-10-20(35-18(5)6)14-24(21)36(33,34)30-25/h9-15,17-18H,7-8,16H2,1-6H3,(H,29,32)/b28-15+. The number of anilines is 1. The predicted molar refractivity (Wildman–Crippen MR) is 142 cm³/mol. The van der Waals surface area contributed by atoms with Crippen LogP contribution in [-0.2, 0) is 20.2 Å². The largest absolute Gasteiger partial charge is 0.491 e. The van der Waals surface area contributed by atoms with E-state index in [-0.39, 0.29) is 22.8 Å². The summed E-state index contributed by atoms with van der Waals surface area (Å²) in [5.74, 6) is 1.01. The Morgan fingerprint density at radius 2 is 1.83 bits per heavy atom. The van der Waals surface area contributed by atoms with Gasteiger partial charge in [-0.15, -0.1) is 4.40 Å². The van der Waals surface area contributed by atoms with E-state index >= 15 is 0 Å². The Morgan fingerprint density at radius 3 is 2.47 bits per heavy atom. The maximum atomic E-state index is 12.9. The minimum atomic E-state index is -3.87. The van der Waals surface area contributed by atoms with Crippen molar-refractivity contribution in [1.82, 2.24) is 5.01 Å². The molecule has 0 aromatic heterocycles. The fourth-order valence-corrected chi connectivity index (χ4v) is 6.00. The average molecular weight is 511 g/mol. The lowest BCUT2D eigenvalue weighted by Crippen LogP contribution is -2.33. The quantitative estimate of drug-likeness (QED) is 0.401. The van der Waals surface area contributed by atoms with Crippen LogP contribution in [0.25, 0.3) is 0 Å². The maximum Gasteiger partial charge on any atom is 0.285 e. The Bertz CT molecular complexity index is 1340. The fourth-order valence-electron chi connectivity index (χ4n) is 4.78. The van der Waals surface area contributed by atoms with Crippen LogP contribution in [0.1, 0.15) is 71.1 Å². The number of sulfonamides is 1. The van der Waals surface area contributed by atoms with E-state index in [9.17, 15) is 13.2 Å². The molecular weight excluding hydrogens is 476 g/mol. The number of amidine groups is 1. The molecule has 1 N–H and O–H groups in total. The summed E-state index contributed by atoms with van der Waals surface area (Å²) in [5, 5.41) is 9.31. The number of carbonyl (C=O) groups is 1. The maximum absolute atomic E-state index is 12.9. The first-order valence-electron chi connectivity index (χ1n) is 12.4. The zero-order valence-corrected chi connectivity index (χ0v) is 22.5. The van der Waals surface area contributed by atoms with Crippen LogP contribution in [0, 0.1) is 5.92 Å². The summed E-state index contributed by atoms with van der Waals surface area (Å²) in [4.78, 5) is 12.8. The predicted octanol–water partition coefficient (Wildman–Crippen LogP) is 4.92. The molecule has 2 aliphatic heterocycles. The highest BCUT2D eigenvalue weighted by atomic mass is 32.2. The normalized spacial score (nSPS) is 17.3. The van der Waals surface area contributed by atoms with E-state index in [0.717, 1.165) is 16.8 Å². The third-order valence-electron chi connectivity index (χ3n) is 6.63. The second-order valence-electron chi connectivity index (χ2n) is 9.98. The highest BCUT2D eigenvalue weighted by molar-refractivity contribution is 7.90. The highest BCUT2D eigenvalue weighted by Crippen LogP contribution is 2.43. The molecule has 192 valence electrons. The monoisotopic (exact) mass is 510 g/mol. The Morgan fingerprint density at radius 1 is 1.11 bits per heavy atom. The number of rotatable bonds is 8. The third-order valence-corrected chi connectivity index (χ3v) is 7.94. The van der Waals surface area contributed by atoms with E-state index in [0.29, 0.717) is 36.5 Å². The number of hydrazone groups is 1. The van der Waals surface area contributed by atoms with Crippen molar-refractivity contribution in [1.29, 1.82) is 0 Å². The Labute approximate surface area is 213 Å². The molecule has 0 aliphatic carbocycles. The number of carbonyl (C=O) groups excluding carboxylic acids is 1.